The number of imidazole rings is 1. The summed E-state index contributed by atoms with van der Waals surface area (Å²) in [6, 6.07) is 10.7. The van der Waals surface area contributed by atoms with Gasteiger partial charge < -0.3 is 19.9 Å². The Hall–Kier alpha value is -4.74. The van der Waals surface area contributed by atoms with Crippen molar-refractivity contribution in [1.82, 2.24) is 45.3 Å². The van der Waals surface area contributed by atoms with E-state index in [9.17, 15) is 4.39 Å². The summed E-state index contributed by atoms with van der Waals surface area (Å²) in [5.74, 6) is 1.42. The number of aromatic nitrogens is 7. The van der Waals surface area contributed by atoms with Crippen molar-refractivity contribution in [2.24, 2.45) is 5.92 Å². The van der Waals surface area contributed by atoms with Crippen molar-refractivity contribution in [3.63, 3.8) is 0 Å². The molecule has 0 spiro atoms. The van der Waals surface area contributed by atoms with Crippen LogP contribution in [0, 0.1) is 11.7 Å². The lowest BCUT2D eigenvalue weighted by atomic mass is 10.1. The van der Waals surface area contributed by atoms with Gasteiger partial charge in [0.25, 0.3) is 0 Å². The zero-order valence-electron chi connectivity index (χ0n) is 25.5. The summed E-state index contributed by atoms with van der Waals surface area (Å²) >= 11 is 0. The molecule has 5 aromatic heterocycles. The fourth-order valence-corrected chi connectivity index (χ4v) is 6.02. The Kier molecular flexibility index (Phi) is 8.19. The summed E-state index contributed by atoms with van der Waals surface area (Å²) in [7, 11) is 3.93. The third-order valence-corrected chi connectivity index (χ3v) is 8.37. The minimum absolute atomic E-state index is 0.380. The van der Waals surface area contributed by atoms with Crippen LogP contribution in [0.3, 0.4) is 0 Å². The molecule has 5 heterocycles. The lowest BCUT2D eigenvalue weighted by Crippen LogP contribution is -2.20. The summed E-state index contributed by atoms with van der Waals surface area (Å²) in [5.41, 5.74) is 6.88. The Morgan fingerprint density at radius 3 is 2.78 bits per heavy atom. The third kappa shape index (κ3) is 6.40. The van der Waals surface area contributed by atoms with Crippen molar-refractivity contribution < 1.29 is 9.13 Å². The van der Waals surface area contributed by atoms with Crippen molar-refractivity contribution in [2.45, 2.75) is 32.2 Å². The molecule has 1 fully saturated rings. The van der Waals surface area contributed by atoms with Gasteiger partial charge in [0.2, 0.25) is 0 Å². The summed E-state index contributed by atoms with van der Waals surface area (Å²) in [5, 5.41) is 12.1. The van der Waals surface area contributed by atoms with Crippen LogP contribution in [-0.2, 0) is 6.54 Å². The number of halogens is 1. The van der Waals surface area contributed by atoms with Gasteiger partial charge in [-0.1, -0.05) is 12.8 Å². The molecule has 1 aromatic carbocycles. The highest BCUT2D eigenvalue weighted by molar-refractivity contribution is 5.96. The molecule has 0 aliphatic heterocycles. The molecule has 0 atom stereocenters. The number of pyridine rings is 3. The van der Waals surface area contributed by atoms with Crippen LogP contribution >= 0.6 is 0 Å². The first-order valence-corrected chi connectivity index (χ1v) is 15.4. The number of likely N-dealkylation sites (N-methyl/N-ethyl adjacent to an activating group) is 1. The van der Waals surface area contributed by atoms with Crippen LogP contribution < -0.4 is 10.1 Å². The Balaban J connectivity index is 1.17. The predicted octanol–water partition coefficient (Wildman–Crippen LogP) is 5.98. The topological polar surface area (TPSA) is 121 Å². The second-order valence-corrected chi connectivity index (χ2v) is 12.0. The minimum atomic E-state index is -0.380. The number of fused-ring (bicyclic) bond motifs is 2. The van der Waals surface area contributed by atoms with Crippen LogP contribution in [-0.4, -0.2) is 73.8 Å². The SMILES string of the molecule is CN(C)CCOc1cc(F)cc(-c2ccnc3[nH]c(-c4n[nH]c5cnc(-c6cncc(CNCC7CCCC7)c6)cc45)nc23)c1. The molecule has 0 bridgehead atoms. The van der Waals surface area contributed by atoms with Gasteiger partial charge in [0, 0.05) is 54.3 Å². The third-order valence-electron chi connectivity index (χ3n) is 8.37. The van der Waals surface area contributed by atoms with Crippen molar-refractivity contribution in [3.05, 3.63) is 72.6 Å². The number of nitrogens with one attached hydrogen (secondary N) is 3. The summed E-state index contributed by atoms with van der Waals surface area (Å²) < 4.78 is 20.5. The second kappa shape index (κ2) is 12.7. The molecule has 45 heavy (non-hydrogen) atoms. The molecule has 0 amide bonds. The molecular weight excluding hydrogens is 569 g/mol. The molecule has 11 heteroatoms. The zero-order chi connectivity index (χ0) is 30.8. The number of hydrogen-bond acceptors (Lipinski definition) is 8. The van der Waals surface area contributed by atoms with Crippen molar-refractivity contribution in [2.75, 3.05) is 33.8 Å². The number of ether oxygens (including phenoxy) is 1. The van der Waals surface area contributed by atoms with Gasteiger partial charge >= 0.3 is 0 Å². The van der Waals surface area contributed by atoms with Crippen LogP contribution in [0.15, 0.2) is 61.2 Å². The molecule has 3 N–H and O–H groups in total. The van der Waals surface area contributed by atoms with Gasteiger partial charge in [-0.25, -0.2) is 14.4 Å². The lowest BCUT2D eigenvalue weighted by molar-refractivity contribution is 0.260. The van der Waals surface area contributed by atoms with E-state index in [1.807, 2.05) is 49.6 Å². The Morgan fingerprint density at radius 1 is 1.02 bits per heavy atom. The number of H-pyrrole nitrogens is 2. The molecule has 10 nitrogen and oxygen atoms in total. The molecule has 1 aliphatic rings. The normalized spacial score (nSPS) is 13.9. The predicted molar refractivity (Wildman–Crippen MR) is 173 cm³/mol. The maximum absolute atomic E-state index is 14.7. The molecule has 6 aromatic rings. The molecule has 1 saturated carbocycles. The highest BCUT2D eigenvalue weighted by Gasteiger charge is 2.18. The maximum atomic E-state index is 14.7. The fraction of sp³-hybridized carbons (Fsp3) is 0.324. The zero-order valence-corrected chi connectivity index (χ0v) is 25.5. The first kappa shape index (κ1) is 29.0. The van der Waals surface area contributed by atoms with E-state index in [4.69, 9.17) is 9.72 Å². The van der Waals surface area contributed by atoms with E-state index in [0.717, 1.165) is 58.8 Å². The molecular formula is C34H36FN9O. The van der Waals surface area contributed by atoms with E-state index in [2.05, 4.69) is 41.5 Å². The van der Waals surface area contributed by atoms with Gasteiger partial charge in [0.15, 0.2) is 11.5 Å². The molecule has 0 saturated heterocycles. The maximum Gasteiger partial charge on any atom is 0.160 e. The van der Waals surface area contributed by atoms with Crippen LogP contribution in [0.1, 0.15) is 31.2 Å². The Morgan fingerprint density at radius 2 is 1.91 bits per heavy atom. The van der Waals surface area contributed by atoms with Gasteiger partial charge in [-0.15, -0.1) is 0 Å². The average molecular weight is 606 g/mol. The van der Waals surface area contributed by atoms with E-state index in [-0.39, 0.29) is 5.82 Å². The molecule has 230 valence electrons. The molecule has 0 radical (unpaired) electrons. The van der Waals surface area contributed by atoms with Gasteiger partial charge in [-0.05, 0) is 80.9 Å². The first-order chi connectivity index (χ1) is 22.0. The Labute approximate surface area is 260 Å². The van der Waals surface area contributed by atoms with Gasteiger partial charge in [0.1, 0.15) is 29.4 Å². The quantitative estimate of drug-likeness (QED) is 0.165. The van der Waals surface area contributed by atoms with E-state index >= 15 is 0 Å². The van der Waals surface area contributed by atoms with Crippen molar-refractivity contribution in [3.8, 4) is 39.7 Å². The van der Waals surface area contributed by atoms with Crippen molar-refractivity contribution >= 4 is 22.1 Å². The standard InChI is InChI=1S/C34H36FN9O/c1-44(2)9-10-45-26-13-23(12-25(35)14-26)27-7-8-38-33-31(27)40-34(41-33)32-28-15-29(39-20-30(28)42-43-32)24-11-22(18-37-19-24)17-36-16-21-5-3-4-6-21/h7-8,11-15,18-21,36H,3-6,9-10,16-17H2,1-2H3,(H,42,43)(H,38,40,41). The Bertz CT molecular complexity index is 1940. The minimum Gasteiger partial charge on any atom is -0.492 e. The van der Waals surface area contributed by atoms with E-state index in [1.54, 1.807) is 12.4 Å². The number of rotatable bonds is 11. The number of hydrogen-bond donors (Lipinski definition) is 3. The largest absolute Gasteiger partial charge is 0.492 e. The highest BCUT2D eigenvalue weighted by atomic mass is 19.1. The van der Waals surface area contributed by atoms with Crippen LogP contribution in [0.2, 0.25) is 0 Å². The molecule has 1 aliphatic carbocycles. The van der Waals surface area contributed by atoms with Crippen LogP contribution in [0.4, 0.5) is 4.39 Å². The van der Waals surface area contributed by atoms with Crippen molar-refractivity contribution in [1.29, 1.82) is 0 Å². The highest BCUT2D eigenvalue weighted by Crippen LogP contribution is 2.33. The molecule has 0 unspecified atom stereocenters. The van der Waals surface area contributed by atoms with Crippen LogP contribution in [0.25, 0.3) is 56.0 Å². The number of nitrogens with zero attached hydrogens (tertiary/aromatic N) is 6. The lowest BCUT2D eigenvalue weighted by Gasteiger charge is -2.12. The number of benzene rings is 1. The monoisotopic (exact) mass is 605 g/mol. The van der Waals surface area contributed by atoms with E-state index < -0.39 is 0 Å². The van der Waals surface area contributed by atoms with Gasteiger partial charge in [-0.3, -0.25) is 15.1 Å². The van der Waals surface area contributed by atoms with Crippen LogP contribution in [0.5, 0.6) is 5.75 Å². The van der Waals surface area contributed by atoms with E-state index in [1.165, 1.54) is 37.8 Å². The van der Waals surface area contributed by atoms with E-state index in [0.29, 0.717) is 40.6 Å². The summed E-state index contributed by atoms with van der Waals surface area (Å²) in [4.78, 5) is 23.9. The number of aromatic amines is 2. The molecule has 7 rings (SSSR count). The second-order valence-electron chi connectivity index (χ2n) is 12.0. The summed E-state index contributed by atoms with van der Waals surface area (Å²) in [6.07, 6.45) is 12.5. The smallest absolute Gasteiger partial charge is 0.160 e. The first-order valence-electron chi connectivity index (χ1n) is 15.4. The van der Waals surface area contributed by atoms with Gasteiger partial charge in [0.05, 0.1) is 17.4 Å². The average Bonchev–Trinajstić information content (AvgIpc) is 3.80. The fourth-order valence-electron chi connectivity index (χ4n) is 6.02. The van der Waals surface area contributed by atoms with Gasteiger partial charge in [-0.2, -0.15) is 5.10 Å². The summed E-state index contributed by atoms with van der Waals surface area (Å²) in [6.45, 7) is 3.00.